The molecule has 31 heavy (non-hydrogen) atoms. The molecule has 0 saturated heterocycles. The second-order valence-electron chi connectivity index (χ2n) is 6.53. The van der Waals surface area contributed by atoms with Crippen molar-refractivity contribution in [3.8, 4) is 0 Å². The number of carbonyl (C=O) groups is 3. The first-order valence-electron chi connectivity index (χ1n) is 9.65. The molecular formula is C23H22N4O4. The van der Waals surface area contributed by atoms with Crippen LogP contribution >= 0.6 is 0 Å². The number of aromatic nitrogens is 1. The molecule has 0 saturated carbocycles. The topological polar surface area (TPSA) is 109 Å². The Bertz CT molecular complexity index is 1100. The van der Waals surface area contributed by atoms with Crippen LogP contribution in [0, 0.1) is 6.92 Å². The molecule has 1 heterocycles. The molecule has 0 bridgehead atoms. The molecule has 0 radical (unpaired) electrons. The molecule has 0 unspecified atom stereocenters. The van der Waals surface area contributed by atoms with Gasteiger partial charge in [-0.2, -0.15) is 0 Å². The summed E-state index contributed by atoms with van der Waals surface area (Å²) >= 11 is 0. The lowest BCUT2D eigenvalue weighted by Crippen LogP contribution is -2.19. The van der Waals surface area contributed by atoms with E-state index in [-0.39, 0.29) is 12.3 Å². The third-order valence-electron chi connectivity index (χ3n) is 4.22. The summed E-state index contributed by atoms with van der Waals surface area (Å²) in [5, 5.41) is 8.17. The lowest BCUT2D eigenvalue weighted by molar-refractivity contribution is 0.0524. The molecule has 0 aliphatic rings. The largest absolute Gasteiger partial charge is 0.462 e. The van der Waals surface area contributed by atoms with Gasteiger partial charge < -0.3 is 20.7 Å². The number of hydrogen-bond donors (Lipinski definition) is 3. The second-order valence-corrected chi connectivity index (χ2v) is 6.53. The summed E-state index contributed by atoms with van der Waals surface area (Å²) in [4.78, 5) is 40.8. The highest BCUT2D eigenvalue weighted by Crippen LogP contribution is 2.17. The number of benzene rings is 2. The lowest BCUT2D eigenvalue weighted by Gasteiger charge is -2.10. The van der Waals surface area contributed by atoms with Crippen LogP contribution in [0.25, 0.3) is 0 Å². The molecule has 3 amide bonds. The van der Waals surface area contributed by atoms with Gasteiger partial charge in [0, 0.05) is 17.1 Å². The molecule has 0 spiro atoms. The van der Waals surface area contributed by atoms with Gasteiger partial charge in [-0.15, -0.1) is 0 Å². The maximum atomic E-state index is 12.6. The average Bonchev–Trinajstić information content (AvgIpc) is 2.74. The zero-order valence-corrected chi connectivity index (χ0v) is 17.1. The number of amides is 3. The van der Waals surface area contributed by atoms with Gasteiger partial charge in [0.05, 0.1) is 17.9 Å². The maximum absolute atomic E-state index is 12.6. The molecule has 0 fully saturated rings. The third-order valence-corrected chi connectivity index (χ3v) is 4.22. The highest BCUT2D eigenvalue weighted by molar-refractivity contribution is 6.04. The van der Waals surface area contributed by atoms with E-state index in [9.17, 15) is 14.4 Å². The van der Waals surface area contributed by atoms with E-state index in [0.29, 0.717) is 28.3 Å². The average molecular weight is 418 g/mol. The van der Waals surface area contributed by atoms with Crippen LogP contribution in [0.1, 0.15) is 33.5 Å². The summed E-state index contributed by atoms with van der Waals surface area (Å²) in [5.74, 6) is -0.920. The van der Waals surface area contributed by atoms with Crippen molar-refractivity contribution in [3.63, 3.8) is 0 Å². The summed E-state index contributed by atoms with van der Waals surface area (Å²) in [7, 11) is 0. The van der Waals surface area contributed by atoms with Crippen molar-refractivity contribution >= 4 is 35.0 Å². The fraction of sp³-hybridized carbons (Fsp3) is 0.130. The zero-order valence-electron chi connectivity index (χ0n) is 17.1. The molecule has 8 heteroatoms. The van der Waals surface area contributed by atoms with Crippen molar-refractivity contribution in [3.05, 3.63) is 83.7 Å². The van der Waals surface area contributed by atoms with Crippen molar-refractivity contribution in [1.82, 2.24) is 4.98 Å². The number of ether oxygens (including phenoxy) is 1. The molecule has 1 aromatic heterocycles. The number of esters is 1. The van der Waals surface area contributed by atoms with E-state index in [0.717, 1.165) is 0 Å². The normalized spacial score (nSPS) is 10.1. The minimum absolute atomic E-state index is 0.158. The van der Waals surface area contributed by atoms with E-state index in [1.54, 1.807) is 50.2 Å². The standard InChI is InChI=1S/C23H22N4O4/c1-3-31-22(29)19-12-13-20(24-15(19)2)21(28)25-17-10-7-11-18(14-17)27-23(30)26-16-8-5-4-6-9-16/h4-14H,3H2,1-2H3,(H,25,28)(H2,26,27,30). The first-order valence-corrected chi connectivity index (χ1v) is 9.65. The van der Waals surface area contributed by atoms with Crippen molar-refractivity contribution in [2.45, 2.75) is 13.8 Å². The molecule has 3 N–H and O–H groups in total. The van der Waals surface area contributed by atoms with Crippen LogP contribution in [-0.2, 0) is 4.74 Å². The molecule has 2 aromatic carbocycles. The Balaban J connectivity index is 1.65. The van der Waals surface area contributed by atoms with Crippen LogP contribution in [-0.4, -0.2) is 29.5 Å². The molecule has 3 rings (SSSR count). The Morgan fingerprint density at radius 3 is 2.16 bits per heavy atom. The monoisotopic (exact) mass is 418 g/mol. The zero-order chi connectivity index (χ0) is 22.2. The predicted octanol–water partition coefficient (Wildman–Crippen LogP) is 4.46. The molecular weight excluding hydrogens is 396 g/mol. The predicted molar refractivity (Wildman–Crippen MR) is 118 cm³/mol. The number of para-hydroxylation sites is 1. The second kappa shape index (κ2) is 10.0. The van der Waals surface area contributed by atoms with E-state index in [1.165, 1.54) is 12.1 Å². The summed E-state index contributed by atoms with van der Waals surface area (Å²) < 4.78 is 4.97. The van der Waals surface area contributed by atoms with Crippen LogP contribution in [0.4, 0.5) is 21.9 Å². The smallest absolute Gasteiger partial charge is 0.339 e. The van der Waals surface area contributed by atoms with Gasteiger partial charge >= 0.3 is 12.0 Å². The maximum Gasteiger partial charge on any atom is 0.339 e. The molecule has 0 atom stereocenters. The van der Waals surface area contributed by atoms with E-state index in [4.69, 9.17) is 4.74 Å². The number of rotatable bonds is 6. The fourth-order valence-corrected chi connectivity index (χ4v) is 2.80. The van der Waals surface area contributed by atoms with E-state index < -0.39 is 17.9 Å². The Labute approximate surface area is 179 Å². The molecule has 3 aromatic rings. The summed E-state index contributed by atoms with van der Waals surface area (Å²) in [6.45, 7) is 3.62. The van der Waals surface area contributed by atoms with E-state index in [2.05, 4.69) is 20.9 Å². The van der Waals surface area contributed by atoms with E-state index in [1.807, 2.05) is 18.2 Å². The summed E-state index contributed by atoms with van der Waals surface area (Å²) in [6.07, 6.45) is 0. The van der Waals surface area contributed by atoms with Crippen LogP contribution < -0.4 is 16.0 Å². The first-order chi connectivity index (χ1) is 15.0. The third kappa shape index (κ3) is 5.89. The van der Waals surface area contributed by atoms with Gasteiger partial charge in [0.1, 0.15) is 5.69 Å². The first kappa shape index (κ1) is 21.5. The Hall–Kier alpha value is -4.20. The quantitative estimate of drug-likeness (QED) is 0.512. The number of anilines is 3. The minimum Gasteiger partial charge on any atom is -0.462 e. The number of aryl methyl sites for hydroxylation is 1. The minimum atomic E-state index is -0.480. The summed E-state index contributed by atoms with van der Waals surface area (Å²) in [5.41, 5.74) is 2.53. The SMILES string of the molecule is CCOC(=O)c1ccc(C(=O)Nc2cccc(NC(=O)Nc3ccccc3)c2)nc1C. The van der Waals surface area contributed by atoms with Gasteiger partial charge in [-0.1, -0.05) is 24.3 Å². The molecule has 8 nitrogen and oxygen atoms in total. The lowest BCUT2D eigenvalue weighted by atomic mass is 10.2. The van der Waals surface area contributed by atoms with Gasteiger partial charge in [0.25, 0.3) is 5.91 Å². The van der Waals surface area contributed by atoms with Crippen LogP contribution in [0.2, 0.25) is 0 Å². The summed E-state index contributed by atoms with van der Waals surface area (Å²) in [6, 6.07) is 18.4. The Kier molecular flexibility index (Phi) is 6.95. The van der Waals surface area contributed by atoms with Gasteiger partial charge in [-0.05, 0) is 56.3 Å². The van der Waals surface area contributed by atoms with Crippen molar-refractivity contribution < 1.29 is 19.1 Å². The fourth-order valence-electron chi connectivity index (χ4n) is 2.80. The van der Waals surface area contributed by atoms with Crippen molar-refractivity contribution in [1.29, 1.82) is 0 Å². The van der Waals surface area contributed by atoms with E-state index >= 15 is 0 Å². The van der Waals surface area contributed by atoms with Crippen LogP contribution in [0.15, 0.2) is 66.7 Å². The van der Waals surface area contributed by atoms with Crippen molar-refractivity contribution in [2.24, 2.45) is 0 Å². The molecule has 158 valence electrons. The number of pyridine rings is 1. The number of nitrogens with zero attached hydrogens (tertiary/aromatic N) is 1. The number of urea groups is 1. The van der Waals surface area contributed by atoms with Gasteiger partial charge in [-0.25, -0.2) is 14.6 Å². The Morgan fingerprint density at radius 1 is 0.839 bits per heavy atom. The van der Waals surface area contributed by atoms with Crippen molar-refractivity contribution in [2.75, 3.05) is 22.6 Å². The highest BCUT2D eigenvalue weighted by Gasteiger charge is 2.15. The molecule has 0 aliphatic heterocycles. The molecule has 0 aliphatic carbocycles. The number of hydrogen-bond acceptors (Lipinski definition) is 5. The number of nitrogens with one attached hydrogen (secondary N) is 3. The van der Waals surface area contributed by atoms with Gasteiger partial charge in [-0.3, -0.25) is 4.79 Å². The Morgan fingerprint density at radius 2 is 1.48 bits per heavy atom. The van der Waals surface area contributed by atoms with Crippen LogP contribution in [0.5, 0.6) is 0 Å². The number of carbonyl (C=O) groups excluding carboxylic acids is 3. The van der Waals surface area contributed by atoms with Crippen LogP contribution in [0.3, 0.4) is 0 Å². The van der Waals surface area contributed by atoms with Gasteiger partial charge in [0.15, 0.2) is 0 Å². The van der Waals surface area contributed by atoms with Gasteiger partial charge in [0.2, 0.25) is 0 Å². The highest BCUT2D eigenvalue weighted by atomic mass is 16.5.